The van der Waals surface area contributed by atoms with Gasteiger partial charge < -0.3 is 4.90 Å². The summed E-state index contributed by atoms with van der Waals surface area (Å²) >= 11 is 0. The molecule has 2 aliphatic carbocycles. The van der Waals surface area contributed by atoms with Crippen LogP contribution in [-0.2, 0) is 5.41 Å². The lowest BCUT2D eigenvalue weighted by atomic mass is 9.67. The van der Waals surface area contributed by atoms with Crippen LogP contribution < -0.4 is 4.90 Å². The number of para-hydroxylation sites is 2. The van der Waals surface area contributed by atoms with Crippen molar-refractivity contribution in [3.05, 3.63) is 270 Å². The third-order valence-corrected chi connectivity index (χ3v) is 14.3. The number of aryl methyl sites for hydroxylation is 2. The fraction of sp³-hybridized carbons (Fsp3) is 0.0462. The minimum Gasteiger partial charge on any atom is -0.310 e. The third kappa shape index (κ3) is 5.53. The Balaban J connectivity index is 1.20. The molecule has 0 heterocycles. The van der Waals surface area contributed by atoms with Crippen LogP contribution in [0.25, 0.3) is 77.2 Å². The molecular weight excluding hydrogens is 795 g/mol. The van der Waals surface area contributed by atoms with Gasteiger partial charge in [0.25, 0.3) is 0 Å². The molecule has 2 aliphatic rings. The summed E-state index contributed by atoms with van der Waals surface area (Å²) in [6, 6.07) is 88.4. The molecule has 0 spiro atoms. The van der Waals surface area contributed by atoms with E-state index in [-0.39, 0.29) is 0 Å². The molecule has 0 saturated carbocycles. The highest BCUT2D eigenvalue weighted by Gasteiger charge is 2.48. The Hall–Kier alpha value is -8.26. The molecule has 0 saturated heterocycles. The van der Waals surface area contributed by atoms with E-state index in [1.165, 1.54) is 111 Å². The molecule has 0 N–H and O–H groups in total. The zero-order valence-corrected chi connectivity index (χ0v) is 37.0. The number of benzene rings is 11. The van der Waals surface area contributed by atoms with Gasteiger partial charge in [0.1, 0.15) is 0 Å². The lowest BCUT2D eigenvalue weighted by Gasteiger charge is -2.35. The second-order valence-corrected chi connectivity index (χ2v) is 18.1. The number of nitrogens with zero attached hydrogens (tertiary/aromatic N) is 1. The zero-order valence-electron chi connectivity index (χ0n) is 37.0. The number of anilines is 3. The summed E-state index contributed by atoms with van der Waals surface area (Å²) in [6.07, 6.45) is 0. The summed E-state index contributed by atoms with van der Waals surface area (Å²) in [7, 11) is 0. The molecule has 0 aliphatic heterocycles. The summed E-state index contributed by atoms with van der Waals surface area (Å²) in [5, 5.41) is 5.16. The van der Waals surface area contributed by atoms with E-state index >= 15 is 0 Å². The molecule has 11 aromatic rings. The van der Waals surface area contributed by atoms with Crippen LogP contribution in [0.5, 0.6) is 0 Å². The molecule has 1 heteroatoms. The maximum Gasteiger partial charge on any atom is 0.0714 e. The van der Waals surface area contributed by atoms with Crippen molar-refractivity contribution in [2.45, 2.75) is 19.3 Å². The van der Waals surface area contributed by atoms with Crippen LogP contribution in [0.1, 0.15) is 33.4 Å². The van der Waals surface area contributed by atoms with Gasteiger partial charge >= 0.3 is 0 Å². The molecule has 0 aromatic heterocycles. The van der Waals surface area contributed by atoms with Crippen LogP contribution in [0.4, 0.5) is 17.1 Å². The highest BCUT2D eigenvalue weighted by molar-refractivity contribution is 6.29. The van der Waals surface area contributed by atoms with Crippen molar-refractivity contribution in [1.29, 1.82) is 0 Å². The first-order valence-corrected chi connectivity index (χ1v) is 23.1. The van der Waals surface area contributed by atoms with Crippen LogP contribution >= 0.6 is 0 Å². The Labute approximate surface area is 386 Å². The van der Waals surface area contributed by atoms with E-state index in [0.717, 1.165) is 17.1 Å². The van der Waals surface area contributed by atoms with E-state index in [4.69, 9.17) is 0 Å². The second-order valence-electron chi connectivity index (χ2n) is 18.1. The van der Waals surface area contributed by atoms with Crippen LogP contribution in [0.2, 0.25) is 0 Å². The van der Waals surface area contributed by atoms with Gasteiger partial charge in [0.2, 0.25) is 0 Å². The van der Waals surface area contributed by atoms with Gasteiger partial charge in [0.15, 0.2) is 0 Å². The minimum atomic E-state index is -0.647. The number of hydrogen-bond acceptors (Lipinski definition) is 1. The molecule has 0 amide bonds. The van der Waals surface area contributed by atoms with Crippen molar-refractivity contribution in [3.8, 4) is 55.6 Å². The van der Waals surface area contributed by atoms with Crippen molar-refractivity contribution in [2.75, 3.05) is 4.90 Å². The average molecular weight is 840 g/mol. The Bertz CT molecular complexity index is 3620. The smallest absolute Gasteiger partial charge is 0.0714 e. The van der Waals surface area contributed by atoms with Gasteiger partial charge in [-0.2, -0.15) is 0 Å². The van der Waals surface area contributed by atoms with Crippen molar-refractivity contribution < 1.29 is 0 Å². The molecule has 0 fully saturated rings. The van der Waals surface area contributed by atoms with Crippen LogP contribution in [0.3, 0.4) is 0 Å². The SMILES string of the molecule is Cc1cccc(-c2c3c(c(-c4cccc(C)c4)c4ccccc24)-c2cc4c(c5cccc-3c25)-c2ccc(N(c3ccccc3)c3ccccc3)cc2C4(c2ccccc2)c2ccccc2)c1. The Morgan fingerprint density at radius 3 is 1.33 bits per heavy atom. The van der Waals surface area contributed by atoms with E-state index in [2.05, 4.69) is 255 Å². The van der Waals surface area contributed by atoms with E-state index in [1.807, 2.05) is 0 Å². The first kappa shape index (κ1) is 38.2. The monoisotopic (exact) mass is 839 g/mol. The predicted molar refractivity (Wildman–Crippen MR) is 278 cm³/mol. The van der Waals surface area contributed by atoms with Gasteiger partial charge in [0.05, 0.1) is 5.41 Å². The quantitative estimate of drug-likeness (QED) is 0.155. The standard InChI is InChI=1S/C65H45N/c1-42-20-17-22-44(38-42)59-51-32-15-16-33-52(51)60(45-23-18-21-43(2)39-45)64-56-41-58-62(54-34-19-35-55(61(54)56)63(59)64)53-37-36-50(66(48-28-11-5-12-29-48)49-30-13-6-14-31-49)40-57(53)65(58,46-24-7-3-8-25-46)47-26-9-4-10-27-47/h3-41H,1-2H3. The fourth-order valence-corrected chi connectivity index (χ4v) is 11.8. The predicted octanol–water partition coefficient (Wildman–Crippen LogP) is 17.4. The molecule has 13 rings (SSSR count). The Morgan fingerprint density at radius 2 is 0.788 bits per heavy atom. The van der Waals surface area contributed by atoms with Crippen LogP contribution in [0, 0.1) is 13.8 Å². The highest BCUT2D eigenvalue weighted by Crippen LogP contribution is 2.64. The maximum absolute atomic E-state index is 2.62. The molecule has 310 valence electrons. The fourth-order valence-electron chi connectivity index (χ4n) is 11.8. The van der Waals surface area contributed by atoms with E-state index in [9.17, 15) is 0 Å². The Kier molecular flexibility index (Phi) is 8.63. The van der Waals surface area contributed by atoms with Crippen molar-refractivity contribution in [1.82, 2.24) is 0 Å². The van der Waals surface area contributed by atoms with Gasteiger partial charge in [-0.25, -0.2) is 0 Å². The average Bonchev–Trinajstić information content (AvgIpc) is 3.85. The van der Waals surface area contributed by atoms with Gasteiger partial charge in [-0.1, -0.05) is 205 Å². The number of fused-ring (bicyclic) bond motifs is 8. The Morgan fingerprint density at radius 1 is 0.303 bits per heavy atom. The minimum absolute atomic E-state index is 0.647. The first-order valence-electron chi connectivity index (χ1n) is 23.1. The number of rotatable bonds is 7. The van der Waals surface area contributed by atoms with E-state index < -0.39 is 5.41 Å². The number of hydrogen-bond donors (Lipinski definition) is 0. The van der Waals surface area contributed by atoms with E-state index in [0.29, 0.717) is 0 Å². The van der Waals surface area contributed by atoms with Gasteiger partial charge in [-0.3, -0.25) is 0 Å². The molecule has 11 aromatic carbocycles. The summed E-state index contributed by atoms with van der Waals surface area (Å²) in [5.74, 6) is 0. The molecule has 0 bridgehead atoms. The summed E-state index contributed by atoms with van der Waals surface area (Å²) in [4.78, 5) is 2.40. The second kappa shape index (κ2) is 14.9. The first-order chi connectivity index (χ1) is 32.6. The van der Waals surface area contributed by atoms with Crippen LogP contribution in [0.15, 0.2) is 237 Å². The molecular formula is C65H45N. The molecule has 0 unspecified atom stereocenters. The molecule has 1 nitrogen and oxygen atoms in total. The summed E-state index contributed by atoms with van der Waals surface area (Å²) in [6.45, 7) is 4.42. The van der Waals surface area contributed by atoms with Gasteiger partial charge in [0, 0.05) is 17.1 Å². The lowest BCUT2D eigenvalue weighted by molar-refractivity contribution is 0.769. The highest BCUT2D eigenvalue weighted by atomic mass is 15.1. The van der Waals surface area contributed by atoms with Crippen LogP contribution in [-0.4, -0.2) is 0 Å². The lowest BCUT2D eigenvalue weighted by Crippen LogP contribution is -2.29. The van der Waals surface area contributed by atoms with Gasteiger partial charge in [-0.15, -0.1) is 0 Å². The van der Waals surface area contributed by atoms with E-state index in [1.54, 1.807) is 0 Å². The molecule has 66 heavy (non-hydrogen) atoms. The topological polar surface area (TPSA) is 3.24 Å². The normalized spacial score (nSPS) is 12.8. The molecule has 0 atom stereocenters. The largest absolute Gasteiger partial charge is 0.310 e. The summed E-state index contributed by atoms with van der Waals surface area (Å²) < 4.78 is 0. The third-order valence-electron chi connectivity index (χ3n) is 14.3. The van der Waals surface area contributed by atoms with Crippen molar-refractivity contribution in [3.63, 3.8) is 0 Å². The van der Waals surface area contributed by atoms with Crippen molar-refractivity contribution in [2.24, 2.45) is 0 Å². The zero-order chi connectivity index (χ0) is 43.9. The van der Waals surface area contributed by atoms with Crippen molar-refractivity contribution >= 4 is 38.6 Å². The molecule has 0 radical (unpaired) electrons. The van der Waals surface area contributed by atoms with Gasteiger partial charge in [-0.05, 0) is 156 Å². The summed E-state index contributed by atoms with van der Waals surface area (Å²) in [5.41, 5.74) is 23.2. The maximum atomic E-state index is 2.62.